The molecule has 206 valence electrons. The number of hydrogen-bond acceptors (Lipinski definition) is 10. The summed E-state index contributed by atoms with van der Waals surface area (Å²) in [7, 11) is 0. The Morgan fingerprint density at radius 3 is 2.40 bits per heavy atom. The van der Waals surface area contributed by atoms with Crippen molar-refractivity contribution in [2.75, 3.05) is 5.32 Å². The van der Waals surface area contributed by atoms with Crippen LogP contribution in [0.25, 0.3) is 0 Å². The fraction of sp³-hybridized carbons (Fsp3) is 0.125. The Balaban J connectivity index is 1.72. The number of hydrogen-bond donors (Lipinski definition) is 9. The minimum absolute atomic E-state index is 0.0622. The summed E-state index contributed by atoms with van der Waals surface area (Å²) in [6, 6.07) is 9.57. The summed E-state index contributed by atoms with van der Waals surface area (Å²) in [4.78, 5) is 44.6. The highest BCUT2D eigenvalue weighted by Crippen LogP contribution is 2.25. The van der Waals surface area contributed by atoms with Crippen molar-refractivity contribution in [3.8, 4) is 11.5 Å². The van der Waals surface area contributed by atoms with Crippen LogP contribution in [0.15, 0.2) is 64.0 Å². The number of carbonyl (C=O) groups excluding carboxylic acids is 3. The highest BCUT2D eigenvalue weighted by molar-refractivity contribution is 6.14. The Labute approximate surface area is 226 Å². The molecule has 16 nitrogen and oxygen atoms in total. The number of nitrogens with zero attached hydrogens (tertiary/aromatic N) is 2. The second kappa shape index (κ2) is 11.2. The number of guanidine groups is 1. The van der Waals surface area contributed by atoms with Crippen LogP contribution in [0.2, 0.25) is 0 Å². The van der Waals surface area contributed by atoms with Gasteiger partial charge in [0.25, 0.3) is 5.88 Å². The molecule has 0 saturated carbocycles. The van der Waals surface area contributed by atoms with Crippen molar-refractivity contribution in [2.24, 2.45) is 32.9 Å². The fourth-order valence-corrected chi connectivity index (χ4v) is 3.71. The molecule has 2 aliphatic rings. The van der Waals surface area contributed by atoms with Gasteiger partial charge in [0.05, 0.1) is 5.56 Å². The van der Waals surface area contributed by atoms with E-state index in [1.54, 1.807) is 24.3 Å². The number of nitrogen functional groups attached to an aromatic ring is 1. The Morgan fingerprint density at radius 1 is 0.975 bits per heavy atom. The van der Waals surface area contributed by atoms with Gasteiger partial charge >= 0.3 is 6.02 Å². The van der Waals surface area contributed by atoms with E-state index in [1.165, 1.54) is 18.2 Å². The summed E-state index contributed by atoms with van der Waals surface area (Å²) in [5, 5.41) is 23.2. The van der Waals surface area contributed by atoms with Crippen molar-refractivity contribution in [3.05, 3.63) is 65.2 Å². The molecular weight excluding hydrogens is 522 g/mol. The number of carbonyl (C=O) groups is 3. The molecule has 0 fully saturated rings. The van der Waals surface area contributed by atoms with E-state index in [1.807, 2.05) is 0 Å². The molecule has 16 heteroatoms. The summed E-state index contributed by atoms with van der Waals surface area (Å²) >= 11 is 0. The number of aliphatic imine (C=N–C) groups is 2. The Morgan fingerprint density at radius 2 is 1.73 bits per heavy atom. The molecule has 1 unspecified atom stereocenters. The minimum atomic E-state index is -0.932. The monoisotopic (exact) mass is 547 g/mol. The van der Waals surface area contributed by atoms with Gasteiger partial charge in [0, 0.05) is 23.7 Å². The quantitative estimate of drug-likeness (QED) is 0.139. The van der Waals surface area contributed by atoms with Crippen LogP contribution in [-0.4, -0.2) is 47.4 Å². The number of rotatable bonds is 9. The van der Waals surface area contributed by atoms with Crippen LogP contribution in [0.1, 0.15) is 28.8 Å². The molecular formula is C24H25N11O5. The third-order valence-electron chi connectivity index (χ3n) is 5.47. The molecule has 0 aromatic heterocycles. The molecule has 3 amide bonds. The van der Waals surface area contributed by atoms with E-state index in [4.69, 9.17) is 43.2 Å². The van der Waals surface area contributed by atoms with E-state index in [9.17, 15) is 14.4 Å². The summed E-state index contributed by atoms with van der Waals surface area (Å²) in [6.07, 6.45) is -0.000553. The van der Waals surface area contributed by atoms with Gasteiger partial charge in [-0.05, 0) is 36.8 Å². The topological polar surface area (TPSA) is 282 Å². The smallest absolute Gasteiger partial charge is 0.304 e. The fourth-order valence-electron chi connectivity index (χ4n) is 3.71. The molecule has 0 saturated heterocycles. The van der Waals surface area contributed by atoms with Crippen molar-refractivity contribution >= 4 is 47.1 Å². The van der Waals surface area contributed by atoms with E-state index in [2.05, 4.69) is 25.9 Å². The summed E-state index contributed by atoms with van der Waals surface area (Å²) < 4.78 is 11.8. The standard InChI is InChI=1S/C24H25N11O5/c25-16(36)7-6-15-21(38)33-17-20(32-15)34-24(40-11-3-1-2-10(8-11)31-23(29)30)35-22(17)39-12-4-5-13(18(26)27)14(9-12)19(28)37/h1-5,8-9,15H,6-7H2,(H2,25,36)(H3,26,27)(H2,28,37)(H,33,38)(H4,29,30,31)(H,32,34,35). The number of benzene rings is 2. The molecule has 4 rings (SSSR count). The lowest BCUT2D eigenvalue weighted by Gasteiger charge is -2.28. The van der Waals surface area contributed by atoms with Gasteiger partial charge in [0.2, 0.25) is 17.7 Å². The SMILES string of the molecule is N=C(N)Nc1cccc(OC2=NC(Oc3ccc(C(=N)N)c(C(N)=O)c3)=C3NC(=O)C(CCC(N)=O)N=C3N2)c1. The highest BCUT2D eigenvalue weighted by atomic mass is 16.5. The number of nitrogens with one attached hydrogen (secondary N) is 5. The maximum absolute atomic E-state index is 12.7. The first-order valence-electron chi connectivity index (χ1n) is 11.6. The zero-order valence-electron chi connectivity index (χ0n) is 20.8. The predicted octanol–water partition coefficient (Wildman–Crippen LogP) is -0.877. The average molecular weight is 548 g/mol. The van der Waals surface area contributed by atoms with Crippen molar-refractivity contribution in [3.63, 3.8) is 0 Å². The Bertz CT molecular complexity index is 1530. The van der Waals surface area contributed by atoms with Gasteiger partial charge < -0.3 is 43.0 Å². The third kappa shape index (κ3) is 6.31. The molecule has 2 heterocycles. The highest BCUT2D eigenvalue weighted by Gasteiger charge is 2.34. The number of amidine groups is 3. The number of amides is 3. The summed E-state index contributed by atoms with van der Waals surface area (Å²) in [6.45, 7) is 0. The first-order chi connectivity index (χ1) is 19.0. The molecule has 13 N–H and O–H groups in total. The molecule has 0 spiro atoms. The number of ether oxygens (including phenoxy) is 2. The molecule has 40 heavy (non-hydrogen) atoms. The zero-order chi connectivity index (χ0) is 29.0. The Hall–Kier alpha value is -5.93. The van der Waals surface area contributed by atoms with Crippen LogP contribution in [0.3, 0.4) is 0 Å². The van der Waals surface area contributed by atoms with Crippen molar-refractivity contribution in [1.29, 1.82) is 10.8 Å². The number of nitrogens with two attached hydrogens (primary N) is 4. The Kier molecular flexibility index (Phi) is 7.60. The van der Waals surface area contributed by atoms with Gasteiger partial charge in [0.15, 0.2) is 11.8 Å². The van der Waals surface area contributed by atoms with Crippen molar-refractivity contribution in [2.45, 2.75) is 18.9 Å². The second-order valence-electron chi connectivity index (χ2n) is 8.47. The van der Waals surface area contributed by atoms with Crippen LogP contribution >= 0.6 is 0 Å². The van der Waals surface area contributed by atoms with Crippen molar-refractivity contribution in [1.82, 2.24) is 10.6 Å². The summed E-state index contributed by atoms with van der Waals surface area (Å²) in [5.74, 6) is -2.22. The second-order valence-corrected chi connectivity index (χ2v) is 8.47. The molecule has 0 radical (unpaired) electrons. The number of anilines is 1. The molecule has 2 aromatic carbocycles. The largest absolute Gasteiger partial charge is 0.437 e. The van der Waals surface area contributed by atoms with Crippen LogP contribution in [-0.2, 0) is 9.59 Å². The van der Waals surface area contributed by atoms with E-state index < -0.39 is 23.8 Å². The minimum Gasteiger partial charge on any atom is -0.437 e. The maximum Gasteiger partial charge on any atom is 0.304 e. The normalized spacial score (nSPS) is 15.9. The van der Waals surface area contributed by atoms with Gasteiger partial charge in [-0.15, -0.1) is 0 Å². The van der Waals surface area contributed by atoms with Gasteiger partial charge in [-0.3, -0.25) is 35.5 Å². The van der Waals surface area contributed by atoms with E-state index in [-0.39, 0.29) is 65.0 Å². The van der Waals surface area contributed by atoms with E-state index >= 15 is 0 Å². The van der Waals surface area contributed by atoms with Crippen molar-refractivity contribution < 1.29 is 23.9 Å². The van der Waals surface area contributed by atoms with E-state index in [0.717, 1.165) is 0 Å². The first kappa shape index (κ1) is 27.1. The number of fused-ring (bicyclic) bond motifs is 1. The summed E-state index contributed by atoms with van der Waals surface area (Å²) in [5.41, 5.74) is 22.2. The predicted molar refractivity (Wildman–Crippen MR) is 145 cm³/mol. The molecule has 0 aliphatic carbocycles. The lowest BCUT2D eigenvalue weighted by Crippen LogP contribution is -2.51. The molecule has 1 atom stereocenters. The lowest BCUT2D eigenvalue weighted by atomic mass is 10.1. The third-order valence-corrected chi connectivity index (χ3v) is 5.47. The lowest BCUT2D eigenvalue weighted by molar-refractivity contribution is -0.122. The maximum atomic E-state index is 12.7. The van der Waals surface area contributed by atoms with Gasteiger partial charge in [0.1, 0.15) is 29.1 Å². The van der Waals surface area contributed by atoms with Gasteiger partial charge in [-0.2, -0.15) is 4.99 Å². The first-order valence-corrected chi connectivity index (χ1v) is 11.6. The molecule has 2 aromatic rings. The molecule has 2 aliphatic heterocycles. The van der Waals surface area contributed by atoms with Gasteiger partial charge in [-0.25, -0.2) is 0 Å². The molecule has 0 bridgehead atoms. The average Bonchev–Trinajstić information content (AvgIpc) is 2.87. The van der Waals surface area contributed by atoms with Crippen LogP contribution in [0.5, 0.6) is 11.5 Å². The zero-order valence-corrected chi connectivity index (χ0v) is 20.8. The van der Waals surface area contributed by atoms with Crippen LogP contribution < -0.4 is 48.4 Å². The van der Waals surface area contributed by atoms with Crippen LogP contribution in [0, 0.1) is 10.8 Å². The number of primary amides is 2. The van der Waals surface area contributed by atoms with Crippen LogP contribution in [0.4, 0.5) is 5.69 Å². The van der Waals surface area contributed by atoms with Gasteiger partial charge in [-0.1, -0.05) is 6.07 Å². The van der Waals surface area contributed by atoms with E-state index in [0.29, 0.717) is 11.4 Å².